The van der Waals surface area contributed by atoms with Gasteiger partial charge in [-0.25, -0.2) is 4.79 Å². The summed E-state index contributed by atoms with van der Waals surface area (Å²) < 4.78 is 4.62. The summed E-state index contributed by atoms with van der Waals surface area (Å²) in [6.07, 6.45) is 0. The highest BCUT2D eigenvalue weighted by Gasteiger charge is 2.21. The van der Waals surface area contributed by atoms with Gasteiger partial charge >= 0.3 is 5.97 Å². The maximum absolute atomic E-state index is 12.5. The molecule has 2 N–H and O–H groups in total. The number of nitrogens with zero attached hydrogens (tertiary/aromatic N) is 1. The molecule has 0 aliphatic heterocycles. The van der Waals surface area contributed by atoms with Gasteiger partial charge in [-0.15, -0.1) is 0 Å². The van der Waals surface area contributed by atoms with Crippen molar-refractivity contribution >= 4 is 28.3 Å². The van der Waals surface area contributed by atoms with Crippen LogP contribution in [0.4, 0.5) is 5.69 Å². The number of aromatic hydroxyl groups is 1. The Bertz CT molecular complexity index is 967. The first-order valence-electron chi connectivity index (χ1n) is 7.45. The van der Waals surface area contributed by atoms with Crippen molar-refractivity contribution in [2.24, 2.45) is 0 Å². The van der Waals surface area contributed by atoms with Gasteiger partial charge in [0.1, 0.15) is 11.4 Å². The molecule has 0 unspecified atom stereocenters. The standard InChI is InChI=1S/C19H15NO5/c1-25-19(23)14-7-4-6-13(11-14)18(22)20(24)16-10-9-12-5-2-3-8-15(12)17(16)21/h2-11,21,24H,1H3. The maximum atomic E-state index is 12.5. The Balaban J connectivity index is 1.98. The molecule has 0 aromatic heterocycles. The highest BCUT2D eigenvalue weighted by Crippen LogP contribution is 2.35. The number of methoxy groups -OCH3 is 1. The second-order valence-corrected chi connectivity index (χ2v) is 5.34. The van der Waals surface area contributed by atoms with Crippen LogP contribution in [0.3, 0.4) is 0 Å². The minimum absolute atomic E-state index is 0.0489. The number of benzene rings is 3. The van der Waals surface area contributed by atoms with Crippen molar-refractivity contribution in [1.29, 1.82) is 0 Å². The Morgan fingerprint density at radius 3 is 2.44 bits per heavy atom. The van der Waals surface area contributed by atoms with Crippen LogP contribution in [0.2, 0.25) is 0 Å². The van der Waals surface area contributed by atoms with E-state index in [2.05, 4.69) is 4.74 Å². The summed E-state index contributed by atoms with van der Waals surface area (Å²) in [4.78, 5) is 24.1. The van der Waals surface area contributed by atoms with Crippen LogP contribution in [0.5, 0.6) is 5.75 Å². The number of anilines is 1. The zero-order valence-corrected chi connectivity index (χ0v) is 13.3. The number of phenolic OH excluding ortho intramolecular Hbond substituents is 1. The molecule has 0 fully saturated rings. The molecule has 0 aliphatic carbocycles. The van der Waals surface area contributed by atoms with Gasteiger partial charge in [0.05, 0.1) is 12.7 Å². The molecule has 0 saturated heterocycles. The number of ether oxygens (including phenoxy) is 1. The molecule has 0 bridgehead atoms. The number of esters is 1. The molecule has 0 atom stereocenters. The van der Waals surface area contributed by atoms with Crippen LogP contribution in [0.25, 0.3) is 10.8 Å². The molecule has 3 aromatic carbocycles. The largest absolute Gasteiger partial charge is 0.505 e. The number of amides is 1. The zero-order valence-electron chi connectivity index (χ0n) is 13.3. The molecule has 6 heteroatoms. The Hall–Kier alpha value is -3.38. The molecule has 126 valence electrons. The highest BCUT2D eigenvalue weighted by molar-refractivity contribution is 6.08. The van der Waals surface area contributed by atoms with Gasteiger partial charge in [0.25, 0.3) is 5.91 Å². The predicted molar refractivity (Wildman–Crippen MR) is 92.0 cm³/mol. The molecule has 0 spiro atoms. The smallest absolute Gasteiger partial charge is 0.337 e. The van der Waals surface area contributed by atoms with Gasteiger partial charge in [-0.2, -0.15) is 5.06 Å². The van der Waals surface area contributed by atoms with Gasteiger partial charge < -0.3 is 9.84 Å². The van der Waals surface area contributed by atoms with E-state index in [1.807, 2.05) is 12.1 Å². The van der Waals surface area contributed by atoms with Gasteiger partial charge in [-0.3, -0.25) is 10.0 Å². The maximum Gasteiger partial charge on any atom is 0.337 e. The Labute approximate surface area is 143 Å². The van der Waals surface area contributed by atoms with Crippen molar-refractivity contribution in [1.82, 2.24) is 0 Å². The van der Waals surface area contributed by atoms with E-state index in [4.69, 9.17) is 0 Å². The van der Waals surface area contributed by atoms with E-state index in [-0.39, 0.29) is 22.6 Å². The quantitative estimate of drug-likeness (QED) is 0.435. The number of carbonyl (C=O) groups is 2. The molecule has 0 radical (unpaired) electrons. The molecule has 6 nitrogen and oxygen atoms in total. The van der Waals surface area contributed by atoms with Crippen LogP contribution in [-0.2, 0) is 4.74 Å². The van der Waals surface area contributed by atoms with Crippen molar-refractivity contribution in [3.8, 4) is 5.75 Å². The fraction of sp³-hybridized carbons (Fsp3) is 0.0526. The second-order valence-electron chi connectivity index (χ2n) is 5.34. The average molecular weight is 337 g/mol. The molecule has 3 rings (SSSR count). The number of rotatable bonds is 3. The SMILES string of the molecule is COC(=O)c1cccc(C(=O)N(O)c2ccc3ccccc3c2O)c1. The van der Waals surface area contributed by atoms with Crippen LogP contribution >= 0.6 is 0 Å². The molecule has 0 saturated carbocycles. The molecular formula is C19H15NO5. The van der Waals surface area contributed by atoms with Gasteiger partial charge in [-0.05, 0) is 29.7 Å². The van der Waals surface area contributed by atoms with Crippen LogP contribution in [0.1, 0.15) is 20.7 Å². The monoisotopic (exact) mass is 337 g/mol. The molecule has 3 aromatic rings. The molecule has 25 heavy (non-hydrogen) atoms. The van der Waals surface area contributed by atoms with Gasteiger partial charge in [0.2, 0.25) is 0 Å². The zero-order chi connectivity index (χ0) is 18.0. The summed E-state index contributed by atoms with van der Waals surface area (Å²) >= 11 is 0. The van der Waals surface area contributed by atoms with E-state index in [1.54, 1.807) is 18.2 Å². The third-order valence-electron chi connectivity index (χ3n) is 3.83. The van der Waals surface area contributed by atoms with Crippen LogP contribution in [-0.4, -0.2) is 29.3 Å². The number of phenols is 1. The fourth-order valence-corrected chi connectivity index (χ4v) is 2.54. The lowest BCUT2D eigenvalue weighted by Crippen LogP contribution is -2.27. The third kappa shape index (κ3) is 3.02. The topological polar surface area (TPSA) is 87.1 Å². The molecule has 1 amide bonds. The number of hydrogen-bond donors (Lipinski definition) is 2. The Morgan fingerprint density at radius 1 is 0.960 bits per heavy atom. The summed E-state index contributed by atoms with van der Waals surface area (Å²) in [5, 5.41) is 22.3. The first kappa shape index (κ1) is 16.5. The lowest BCUT2D eigenvalue weighted by molar-refractivity contribution is 0.0600. The van der Waals surface area contributed by atoms with Crippen LogP contribution in [0.15, 0.2) is 60.7 Å². The summed E-state index contributed by atoms with van der Waals surface area (Å²) in [7, 11) is 1.24. The van der Waals surface area contributed by atoms with Crippen molar-refractivity contribution in [2.75, 3.05) is 12.2 Å². The van der Waals surface area contributed by atoms with E-state index < -0.39 is 11.9 Å². The number of carbonyl (C=O) groups excluding carboxylic acids is 2. The lowest BCUT2D eigenvalue weighted by atomic mass is 10.1. The average Bonchev–Trinajstić information content (AvgIpc) is 2.67. The van der Waals surface area contributed by atoms with E-state index in [9.17, 15) is 19.9 Å². The van der Waals surface area contributed by atoms with Gasteiger partial charge in [-0.1, -0.05) is 36.4 Å². The van der Waals surface area contributed by atoms with E-state index in [0.29, 0.717) is 10.4 Å². The van der Waals surface area contributed by atoms with Crippen molar-refractivity contribution in [3.63, 3.8) is 0 Å². The molecule has 0 heterocycles. The first-order chi connectivity index (χ1) is 12.0. The number of fused-ring (bicyclic) bond motifs is 1. The van der Waals surface area contributed by atoms with E-state index >= 15 is 0 Å². The normalized spacial score (nSPS) is 10.5. The number of hydroxylamine groups is 1. The van der Waals surface area contributed by atoms with Crippen molar-refractivity contribution in [3.05, 3.63) is 71.8 Å². The fourth-order valence-electron chi connectivity index (χ4n) is 2.54. The summed E-state index contributed by atoms with van der Waals surface area (Å²) in [6, 6.07) is 16.0. The Kier molecular flexibility index (Phi) is 4.36. The third-order valence-corrected chi connectivity index (χ3v) is 3.83. The van der Waals surface area contributed by atoms with Crippen LogP contribution in [0, 0.1) is 0 Å². The van der Waals surface area contributed by atoms with Gasteiger partial charge in [0.15, 0.2) is 0 Å². The first-order valence-corrected chi connectivity index (χ1v) is 7.45. The lowest BCUT2D eigenvalue weighted by Gasteiger charge is -2.17. The predicted octanol–water partition coefficient (Wildman–Crippen LogP) is 3.37. The second kappa shape index (κ2) is 6.62. The van der Waals surface area contributed by atoms with Crippen molar-refractivity contribution < 1.29 is 24.6 Å². The molecular weight excluding hydrogens is 322 g/mol. The highest BCUT2D eigenvalue weighted by atomic mass is 16.5. The van der Waals surface area contributed by atoms with Gasteiger partial charge in [0, 0.05) is 10.9 Å². The van der Waals surface area contributed by atoms with Crippen LogP contribution < -0.4 is 5.06 Å². The summed E-state index contributed by atoms with van der Waals surface area (Å²) in [6.45, 7) is 0. The summed E-state index contributed by atoms with van der Waals surface area (Å²) in [5.41, 5.74) is 0.217. The van der Waals surface area contributed by atoms with Crippen molar-refractivity contribution in [2.45, 2.75) is 0 Å². The Morgan fingerprint density at radius 2 is 1.68 bits per heavy atom. The summed E-state index contributed by atoms with van der Waals surface area (Å²) in [5.74, 6) is -1.58. The minimum Gasteiger partial charge on any atom is -0.505 e. The minimum atomic E-state index is -0.781. The number of hydrogen-bond acceptors (Lipinski definition) is 5. The van der Waals surface area contributed by atoms with E-state index in [1.165, 1.54) is 37.4 Å². The molecule has 0 aliphatic rings. The van der Waals surface area contributed by atoms with E-state index in [0.717, 1.165) is 5.39 Å².